The first kappa shape index (κ1) is 29.6. The van der Waals surface area contributed by atoms with Gasteiger partial charge in [-0.1, -0.05) is 18.2 Å². The maximum Gasteiger partial charge on any atom is 0.355 e. The SMILES string of the molecule is CO[C@@]1(NC(=O)COc2ccccc2)C(=O)N2C(C(=O)OCc3ccc([N+](=O)[O-])cc3)=C(C(C)OC(C)=O)CS[C@@H]21. The van der Waals surface area contributed by atoms with E-state index < -0.39 is 45.9 Å². The molecule has 0 spiro atoms. The van der Waals surface area contributed by atoms with E-state index in [1.54, 1.807) is 37.3 Å². The van der Waals surface area contributed by atoms with E-state index in [0.29, 0.717) is 16.9 Å². The number of hydrogen-bond donors (Lipinski definition) is 1. The number of carbonyl (C=O) groups excluding carboxylic acids is 4. The quantitative estimate of drug-likeness (QED) is 0.135. The second kappa shape index (κ2) is 12.4. The number of esters is 2. The fourth-order valence-corrected chi connectivity index (χ4v) is 5.91. The fraction of sp³-hybridized carbons (Fsp3) is 0.333. The molecular formula is C27H27N3O10S. The van der Waals surface area contributed by atoms with E-state index in [-0.39, 0.29) is 30.4 Å². The molecule has 1 N–H and O–H groups in total. The Hall–Kier alpha value is -4.43. The Kier molecular flexibility index (Phi) is 8.93. The standard InChI is InChI=1S/C27H27N3O10S/c1-16(40-17(2)31)21-15-41-26-27(37-3,28-22(32)14-38-20-7-5-4-6-8-20)25(34)29(26)23(21)24(33)39-13-18-9-11-19(12-10-18)30(35)36/h4-12,16,26H,13-15H2,1-3H3,(H,28,32)/t16?,26-,27+/m1/s1. The summed E-state index contributed by atoms with van der Waals surface area (Å²) in [7, 11) is 1.27. The van der Waals surface area contributed by atoms with Crippen molar-refractivity contribution >= 4 is 41.2 Å². The number of benzene rings is 2. The summed E-state index contributed by atoms with van der Waals surface area (Å²) in [6.45, 7) is 2.17. The van der Waals surface area contributed by atoms with Gasteiger partial charge < -0.3 is 24.3 Å². The van der Waals surface area contributed by atoms with Crippen molar-refractivity contribution < 1.29 is 43.0 Å². The van der Waals surface area contributed by atoms with Gasteiger partial charge in [-0.15, -0.1) is 11.8 Å². The van der Waals surface area contributed by atoms with E-state index in [1.165, 1.54) is 50.1 Å². The van der Waals surface area contributed by atoms with Gasteiger partial charge in [0.1, 0.15) is 29.5 Å². The number of amides is 2. The average molecular weight is 586 g/mol. The molecule has 14 heteroatoms. The highest BCUT2D eigenvalue weighted by atomic mass is 32.2. The summed E-state index contributed by atoms with van der Waals surface area (Å²) in [5, 5.41) is 12.7. The van der Waals surface area contributed by atoms with Gasteiger partial charge in [-0.3, -0.25) is 29.4 Å². The number of fused-ring (bicyclic) bond motifs is 1. The lowest BCUT2D eigenvalue weighted by molar-refractivity contribution is -0.384. The summed E-state index contributed by atoms with van der Waals surface area (Å²) in [5.74, 6) is -2.17. The highest BCUT2D eigenvalue weighted by Gasteiger charge is 2.67. The first-order valence-electron chi connectivity index (χ1n) is 12.4. The van der Waals surface area contributed by atoms with Crippen molar-refractivity contribution in [2.75, 3.05) is 19.5 Å². The maximum atomic E-state index is 13.6. The summed E-state index contributed by atoms with van der Waals surface area (Å²) in [6, 6.07) is 14.1. The average Bonchev–Trinajstić information content (AvgIpc) is 2.96. The Bertz CT molecular complexity index is 1380. The van der Waals surface area contributed by atoms with Crippen LogP contribution in [0.1, 0.15) is 19.4 Å². The van der Waals surface area contributed by atoms with Gasteiger partial charge in [0, 0.05) is 37.5 Å². The molecule has 2 aromatic carbocycles. The minimum Gasteiger partial charge on any atom is -0.484 e. The molecule has 0 bridgehead atoms. The molecule has 2 aliphatic heterocycles. The van der Waals surface area contributed by atoms with Crippen LogP contribution in [0.25, 0.3) is 0 Å². The van der Waals surface area contributed by atoms with Gasteiger partial charge in [0.2, 0.25) is 0 Å². The van der Waals surface area contributed by atoms with Gasteiger partial charge >= 0.3 is 11.9 Å². The van der Waals surface area contributed by atoms with E-state index in [0.717, 1.165) is 4.90 Å². The maximum absolute atomic E-state index is 13.6. The van der Waals surface area contributed by atoms with E-state index in [9.17, 15) is 29.3 Å². The molecule has 216 valence electrons. The van der Waals surface area contributed by atoms with Crippen LogP contribution in [0.5, 0.6) is 5.75 Å². The van der Waals surface area contributed by atoms with Crippen LogP contribution >= 0.6 is 11.8 Å². The van der Waals surface area contributed by atoms with Crippen LogP contribution in [0, 0.1) is 10.1 Å². The number of nitrogens with one attached hydrogen (secondary N) is 1. The first-order valence-corrected chi connectivity index (χ1v) is 13.4. The number of ether oxygens (including phenoxy) is 4. The highest BCUT2D eigenvalue weighted by Crippen LogP contribution is 2.47. The number of nitro groups is 1. The highest BCUT2D eigenvalue weighted by molar-refractivity contribution is 8.00. The van der Waals surface area contributed by atoms with Crippen molar-refractivity contribution in [3.05, 3.63) is 81.5 Å². The third kappa shape index (κ3) is 6.18. The number of non-ortho nitro benzene ring substituents is 1. The normalized spacial score (nSPS) is 20.3. The molecule has 41 heavy (non-hydrogen) atoms. The monoisotopic (exact) mass is 585 g/mol. The predicted molar refractivity (Wildman–Crippen MR) is 144 cm³/mol. The molecule has 1 fully saturated rings. The van der Waals surface area contributed by atoms with E-state index in [1.807, 2.05) is 0 Å². The number of β-lactam (4-membered cyclic amide) rings is 1. The lowest BCUT2D eigenvalue weighted by atomic mass is 9.97. The molecule has 0 saturated carbocycles. The largest absolute Gasteiger partial charge is 0.484 e. The number of nitrogens with zero attached hydrogens (tertiary/aromatic N) is 2. The van der Waals surface area contributed by atoms with Crippen LogP contribution in [0.3, 0.4) is 0 Å². The van der Waals surface area contributed by atoms with E-state index in [4.69, 9.17) is 18.9 Å². The third-order valence-corrected chi connectivity index (χ3v) is 7.70. The molecule has 2 aliphatic rings. The van der Waals surface area contributed by atoms with Crippen molar-refractivity contribution in [1.29, 1.82) is 0 Å². The Morgan fingerprint density at radius 2 is 1.85 bits per heavy atom. The zero-order chi connectivity index (χ0) is 29.7. The molecule has 2 aromatic rings. The van der Waals surface area contributed by atoms with E-state index in [2.05, 4.69) is 5.32 Å². The van der Waals surface area contributed by atoms with Gasteiger partial charge in [0.05, 0.1) is 4.92 Å². The summed E-state index contributed by atoms with van der Waals surface area (Å²) < 4.78 is 21.7. The Balaban J connectivity index is 1.54. The molecule has 3 atom stereocenters. The molecule has 0 aromatic heterocycles. The van der Waals surface area contributed by atoms with Crippen LogP contribution in [0.2, 0.25) is 0 Å². The molecule has 2 amide bonds. The number of thioether (sulfide) groups is 1. The topological polar surface area (TPSA) is 164 Å². The van der Waals surface area contributed by atoms with Crippen LogP contribution < -0.4 is 10.1 Å². The fourth-order valence-electron chi connectivity index (χ4n) is 4.36. The minimum absolute atomic E-state index is 0.120. The number of rotatable bonds is 11. The van der Waals surface area contributed by atoms with E-state index >= 15 is 0 Å². The lowest BCUT2D eigenvalue weighted by Gasteiger charge is -2.56. The molecule has 1 saturated heterocycles. The molecule has 1 unspecified atom stereocenters. The first-order chi connectivity index (χ1) is 19.6. The Labute approximate surface area is 238 Å². The number of carbonyl (C=O) groups is 4. The van der Waals surface area contributed by atoms with Crippen LogP contribution in [-0.4, -0.2) is 70.2 Å². The second-order valence-electron chi connectivity index (χ2n) is 9.05. The van der Waals surface area contributed by atoms with Crippen LogP contribution in [0.15, 0.2) is 65.9 Å². The Morgan fingerprint density at radius 1 is 1.17 bits per heavy atom. The van der Waals surface area contributed by atoms with Crippen molar-refractivity contribution in [3.8, 4) is 5.75 Å². The van der Waals surface area contributed by atoms with Gasteiger partial charge in [0.25, 0.3) is 23.2 Å². The summed E-state index contributed by atoms with van der Waals surface area (Å²) in [4.78, 5) is 62.8. The lowest BCUT2D eigenvalue weighted by Crippen LogP contribution is -2.81. The van der Waals surface area contributed by atoms with Gasteiger partial charge in [-0.05, 0) is 36.8 Å². The Morgan fingerprint density at radius 3 is 2.46 bits per heavy atom. The smallest absolute Gasteiger partial charge is 0.355 e. The van der Waals surface area contributed by atoms with Crippen molar-refractivity contribution in [3.63, 3.8) is 0 Å². The summed E-state index contributed by atoms with van der Waals surface area (Å²) in [6.07, 6.45) is -0.859. The number of methoxy groups -OCH3 is 1. The van der Waals surface area contributed by atoms with Crippen LogP contribution in [0.4, 0.5) is 5.69 Å². The van der Waals surface area contributed by atoms with Crippen LogP contribution in [-0.2, 0) is 40.0 Å². The number of hydrogen-bond acceptors (Lipinski definition) is 11. The zero-order valence-corrected chi connectivity index (χ0v) is 23.2. The van der Waals surface area contributed by atoms with Gasteiger partial charge in [-0.25, -0.2) is 4.79 Å². The molecule has 4 rings (SSSR count). The molecular weight excluding hydrogens is 558 g/mol. The van der Waals surface area contributed by atoms with Crippen molar-refractivity contribution in [1.82, 2.24) is 10.2 Å². The molecule has 13 nitrogen and oxygen atoms in total. The molecule has 2 heterocycles. The minimum atomic E-state index is -1.78. The molecule has 0 radical (unpaired) electrons. The van der Waals surface area contributed by atoms with Gasteiger partial charge in [-0.2, -0.15) is 0 Å². The number of para-hydroxylation sites is 1. The summed E-state index contributed by atoms with van der Waals surface area (Å²) >= 11 is 1.21. The van der Waals surface area contributed by atoms with Gasteiger partial charge in [0.15, 0.2) is 6.61 Å². The van der Waals surface area contributed by atoms with Crippen molar-refractivity contribution in [2.24, 2.45) is 0 Å². The zero-order valence-electron chi connectivity index (χ0n) is 22.4. The summed E-state index contributed by atoms with van der Waals surface area (Å²) in [5.41, 5.74) is -1.20. The van der Waals surface area contributed by atoms with Crippen molar-refractivity contribution in [2.45, 2.75) is 37.7 Å². The third-order valence-electron chi connectivity index (χ3n) is 6.36. The molecule has 0 aliphatic carbocycles. The predicted octanol–water partition coefficient (Wildman–Crippen LogP) is 2.30. The number of nitro benzene ring substituents is 1. The second-order valence-corrected chi connectivity index (χ2v) is 10.1.